The molecule has 0 saturated carbocycles. The molecule has 2 amide bonds. The number of thiophene rings is 1. The highest BCUT2D eigenvalue weighted by Gasteiger charge is 2.32. The van der Waals surface area contributed by atoms with Gasteiger partial charge < -0.3 is 10.6 Å². The molecule has 0 spiro atoms. The molecule has 0 unspecified atom stereocenters. The molecule has 2 aromatic carbocycles. The second-order valence-corrected chi connectivity index (χ2v) is 8.32. The molecule has 1 aliphatic heterocycles. The third kappa shape index (κ3) is 3.05. The number of primary amides is 1. The van der Waals surface area contributed by atoms with Crippen LogP contribution in [0.3, 0.4) is 0 Å². The minimum absolute atomic E-state index is 0.00307. The van der Waals surface area contributed by atoms with Crippen LogP contribution in [0.5, 0.6) is 0 Å². The fraction of sp³-hybridized carbons (Fsp3) is 0.238. The van der Waals surface area contributed by atoms with E-state index in [-0.39, 0.29) is 18.4 Å². The Morgan fingerprint density at radius 2 is 1.93 bits per heavy atom. The van der Waals surface area contributed by atoms with Gasteiger partial charge in [-0.05, 0) is 35.6 Å². The summed E-state index contributed by atoms with van der Waals surface area (Å²) < 4.78 is 2.69. The van der Waals surface area contributed by atoms with Crippen molar-refractivity contribution in [1.82, 2.24) is 19.9 Å². The van der Waals surface area contributed by atoms with Crippen molar-refractivity contribution in [2.45, 2.75) is 18.9 Å². The van der Waals surface area contributed by atoms with Crippen molar-refractivity contribution in [1.29, 1.82) is 0 Å². The number of hydrogen-bond acceptors (Lipinski definition) is 5. The fourth-order valence-corrected chi connectivity index (χ4v) is 5.28. The summed E-state index contributed by atoms with van der Waals surface area (Å²) in [4.78, 5) is 27.4. The summed E-state index contributed by atoms with van der Waals surface area (Å²) in [5, 5.41) is 9.29. The number of nitrogens with two attached hydrogens (primary N) is 1. The molecule has 8 heteroatoms. The Balaban J connectivity index is 1.39. The number of hydrogen-bond donors (Lipinski definition) is 1. The van der Waals surface area contributed by atoms with Crippen LogP contribution in [-0.2, 0) is 11.3 Å². The maximum absolute atomic E-state index is 12.9. The molecule has 1 saturated heterocycles. The zero-order chi connectivity index (χ0) is 20.0. The van der Waals surface area contributed by atoms with Gasteiger partial charge in [-0.3, -0.25) is 9.59 Å². The van der Waals surface area contributed by atoms with Gasteiger partial charge in [0.2, 0.25) is 5.91 Å². The average Bonchev–Trinajstić information content (AvgIpc) is 3.44. The highest BCUT2D eigenvalue weighted by molar-refractivity contribution is 7.21. The van der Waals surface area contributed by atoms with Gasteiger partial charge in [-0.25, -0.2) is 4.68 Å². The second kappa shape index (κ2) is 6.97. The molecule has 29 heavy (non-hydrogen) atoms. The molecule has 3 heterocycles. The Morgan fingerprint density at radius 1 is 1.14 bits per heavy atom. The Bertz CT molecular complexity index is 1240. The van der Waals surface area contributed by atoms with Gasteiger partial charge in [-0.15, -0.1) is 16.4 Å². The normalized spacial score (nSPS) is 16.7. The van der Waals surface area contributed by atoms with Crippen LogP contribution in [0.2, 0.25) is 0 Å². The number of benzene rings is 2. The summed E-state index contributed by atoms with van der Waals surface area (Å²) in [5.41, 5.74) is 8.26. The second-order valence-electron chi connectivity index (χ2n) is 7.27. The van der Waals surface area contributed by atoms with E-state index in [0.29, 0.717) is 18.0 Å². The number of nitrogens with zero attached hydrogens (tertiary/aromatic N) is 4. The third-order valence-corrected chi connectivity index (χ3v) is 6.71. The largest absolute Gasteiger partial charge is 0.365 e. The lowest BCUT2D eigenvalue weighted by atomic mass is 9.95. The van der Waals surface area contributed by atoms with Crippen molar-refractivity contribution >= 4 is 44.3 Å². The van der Waals surface area contributed by atoms with E-state index in [4.69, 9.17) is 5.73 Å². The van der Waals surface area contributed by atoms with Crippen LogP contribution in [0, 0.1) is 0 Å². The van der Waals surface area contributed by atoms with Crippen LogP contribution in [-0.4, -0.2) is 44.8 Å². The minimum Gasteiger partial charge on any atom is -0.365 e. The molecule has 1 fully saturated rings. The van der Waals surface area contributed by atoms with Crippen molar-refractivity contribution < 1.29 is 9.59 Å². The summed E-state index contributed by atoms with van der Waals surface area (Å²) >= 11 is 1.43. The first-order valence-electron chi connectivity index (χ1n) is 9.49. The number of carbonyl (C=O) groups excluding carboxylic acids is 2. The highest BCUT2D eigenvalue weighted by Crippen LogP contribution is 2.39. The van der Waals surface area contributed by atoms with Crippen LogP contribution in [0.25, 0.3) is 21.1 Å². The molecule has 0 bridgehead atoms. The van der Waals surface area contributed by atoms with Crippen molar-refractivity contribution in [3.63, 3.8) is 0 Å². The summed E-state index contributed by atoms with van der Waals surface area (Å²) in [5.74, 6) is -0.298. The topological polar surface area (TPSA) is 94.1 Å². The Morgan fingerprint density at radius 3 is 2.79 bits per heavy atom. The van der Waals surface area contributed by atoms with E-state index < -0.39 is 5.91 Å². The predicted octanol–water partition coefficient (Wildman–Crippen LogP) is 2.76. The van der Waals surface area contributed by atoms with Gasteiger partial charge in [0.15, 0.2) is 0 Å². The zero-order valence-electron chi connectivity index (χ0n) is 15.6. The number of fused-ring (bicyclic) bond motifs is 2. The van der Waals surface area contributed by atoms with Gasteiger partial charge in [0, 0.05) is 23.7 Å². The SMILES string of the molecule is NC(=O)c1sc2ccccc2c1[C@@H]1CCN(C(=O)Cn2nnc3ccccc32)C1. The van der Waals surface area contributed by atoms with Crippen LogP contribution < -0.4 is 5.73 Å². The first-order valence-corrected chi connectivity index (χ1v) is 10.3. The molecular formula is C21H19N5O2S. The molecular weight excluding hydrogens is 386 g/mol. The number of para-hydroxylation sites is 1. The van der Waals surface area contributed by atoms with Gasteiger partial charge in [0.05, 0.1) is 10.4 Å². The van der Waals surface area contributed by atoms with Crippen molar-refractivity contribution in [2.24, 2.45) is 5.73 Å². The summed E-state index contributed by atoms with van der Waals surface area (Å²) in [6.07, 6.45) is 0.810. The Kier molecular flexibility index (Phi) is 4.28. The molecule has 7 nitrogen and oxygen atoms in total. The number of carbonyl (C=O) groups is 2. The number of rotatable bonds is 4. The van der Waals surface area contributed by atoms with Gasteiger partial charge in [0.1, 0.15) is 12.1 Å². The van der Waals surface area contributed by atoms with Crippen LogP contribution in [0.15, 0.2) is 48.5 Å². The Hall–Kier alpha value is -3.26. The lowest BCUT2D eigenvalue weighted by molar-refractivity contribution is -0.130. The van der Waals surface area contributed by atoms with Gasteiger partial charge in [0.25, 0.3) is 5.91 Å². The molecule has 1 atom stereocenters. The lowest BCUT2D eigenvalue weighted by Crippen LogP contribution is -2.32. The Labute approximate surface area is 170 Å². The van der Waals surface area contributed by atoms with E-state index in [1.807, 2.05) is 53.4 Å². The predicted molar refractivity (Wildman–Crippen MR) is 112 cm³/mol. The maximum atomic E-state index is 12.9. The molecule has 5 rings (SSSR count). The van der Waals surface area contributed by atoms with Gasteiger partial charge in [-0.1, -0.05) is 35.5 Å². The third-order valence-electron chi connectivity index (χ3n) is 5.51. The van der Waals surface area contributed by atoms with E-state index in [9.17, 15) is 9.59 Å². The van der Waals surface area contributed by atoms with E-state index in [1.54, 1.807) is 4.68 Å². The molecule has 1 aliphatic rings. The minimum atomic E-state index is -0.403. The van der Waals surface area contributed by atoms with Crippen molar-refractivity contribution in [2.75, 3.05) is 13.1 Å². The molecule has 0 aliphatic carbocycles. The van der Waals surface area contributed by atoms with Gasteiger partial charge >= 0.3 is 0 Å². The van der Waals surface area contributed by atoms with Crippen molar-refractivity contribution in [3.8, 4) is 0 Å². The summed E-state index contributed by atoms with van der Waals surface area (Å²) in [7, 11) is 0. The average molecular weight is 405 g/mol. The standard InChI is InChI=1S/C21H19N5O2S/c22-21(28)20-19(14-5-1-4-8-17(14)29-20)13-9-10-25(11-13)18(27)12-26-16-7-3-2-6-15(16)23-24-26/h1-8,13H,9-12H2,(H2,22,28)/t13-/m1/s1. The molecule has 2 aromatic heterocycles. The first kappa shape index (κ1) is 17.8. The molecule has 146 valence electrons. The van der Waals surface area contributed by atoms with E-state index in [1.165, 1.54) is 11.3 Å². The molecule has 2 N–H and O–H groups in total. The monoisotopic (exact) mass is 405 g/mol. The highest BCUT2D eigenvalue weighted by atomic mass is 32.1. The van der Waals surface area contributed by atoms with Crippen LogP contribution >= 0.6 is 11.3 Å². The first-order chi connectivity index (χ1) is 14.1. The maximum Gasteiger partial charge on any atom is 0.259 e. The van der Waals surface area contributed by atoms with Crippen LogP contribution in [0.4, 0.5) is 0 Å². The smallest absolute Gasteiger partial charge is 0.259 e. The van der Waals surface area contributed by atoms with Crippen LogP contribution in [0.1, 0.15) is 27.6 Å². The van der Waals surface area contributed by atoms with E-state index in [0.717, 1.165) is 33.1 Å². The lowest BCUT2D eigenvalue weighted by Gasteiger charge is -2.17. The zero-order valence-corrected chi connectivity index (χ0v) is 16.4. The number of amides is 2. The quantitative estimate of drug-likeness (QED) is 0.565. The van der Waals surface area contributed by atoms with Crippen molar-refractivity contribution in [3.05, 3.63) is 59.0 Å². The number of likely N-dealkylation sites (tertiary alicyclic amines) is 1. The van der Waals surface area contributed by atoms with Gasteiger partial charge in [-0.2, -0.15) is 0 Å². The number of aromatic nitrogens is 3. The van der Waals surface area contributed by atoms with E-state index in [2.05, 4.69) is 10.3 Å². The molecule has 0 radical (unpaired) electrons. The summed E-state index contributed by atoms with van der Waals surface area (Å²) in [6.45, 7) is 1.38. The summed E-state index contributed by atoms with van der Waals surface area (Å²) in [6, 6.07) is 15.6. The fourth-order valence-electron chi connectivity index (χ4n) is 4.14. The molecule has 4 aromatic rings. The van der Waals surface area contributed by atoms with E-state index >= 15 is 0 Å².